The van der Waals surface area contributed by atoms with Crippen molar-refractivity contribution in [3.05, 3.63) is 41.0 Å². The summed E-state index contributed by atoms with van der Waals surface area (Å²) in [6.45, 7) is 0. The molecule has 0 saturated carbocycles. The molecule has 0 bridgehead atoms. The fourth-order valence-electron chi connectivity index (χ4n) is 1.39. The molecule has 0 aliphatic rings. The van der Waals surface area contributed by atoms with Crippen molar-refractivity contribution in [1.82, 2.24) is 14.9 Å². The number of hydrogen-bond acceptors (Lipinski definition) is 3. The quantitative estimate of drug-likeness (QED) is 0.682. The number of rotatable bonds is 2. The molecule has 1 aromatic heterocycles. The molecule has 0 radical (unpaired) electrons. The molecule has 0 saturated heterocycles. The Morgan fingerprint density at radius 1 is 1.21 bits per heavy atom. The van der Waals surface area contributed by atoms with Crippen LogP contribution in [0.3, 0.4) is 0 Å². The van der Waals surface area contributed by atoms with E-state index in [0.29, 0.717) is 11.9 Å². The number of halogens is 1. The highest BCUT2D eigenvalue weighted by Crippen LogP contribution is 2.20. The smallest absolute Gasteiger partial charge is 0.253 e. The van der Waals surface area contributed by atoms with E-state index < -0.39 is 0 Å². The van der Waals surface area contributed by atoms with Gasteiger partial charge >= 0.3 is 0 Å². The van der Waals surface area contributed by atoms with Crippen LogP contribution in [-0.2, 0) is 0 Å². The maximum Gasteiger partial charge on any atom is 0.253 e. The predicted octanol–water partition coefficient (Wildman–Crippen LogP) is 2.41. The van der Waals surface area contributed by atoms with Crippen molar-refractivity contribution in [2.24, 2.45) is 10.7 Å². The van der Waals surface area contributed by atoms with E-state index in [1.165, 1.54) is 0 Å². The fourth-order valence-corrected chi connectivity index (χ4v) is 1.65. The van der Waals surface area contributed by atoms with Gasteiger partial charge in [0.1, 0.15) is 0 Å². The minimum atomic E-state index is 0.353. The van der Waals surface area contributed by atoms with E-state index in [1.54, 1.807) is 11.1 Å². The van der Waals surface area contributed by atoms with Crippen molar-refractivity contribution in [2.45, 2.75) is 0 Å². The molecule has 2 N–H and O–H groups in total. The molecule has 98 valence electrons. The predicted molar refractivity (Wildman–Crippen MR) is 80.1 cm³/mol. The van der Waals surface area contributed by atoms with Gasteiger partial charge in [-0.15, -0.1) is 0 Å². The number of aromatic nitrogens is 2. The number of hydrogen-bond donors (Lipinski definition) is 1. The van der Waals surface area contributed by atoms with Gasteiger partial charge in [-0.25, -0.2) is 9.97 Å². The van der Waals surface area contributed by atoms with Gasteiger partial charge in [0.2, 0.25) is 0 Å². The van der Waals surface area contributed by atoms with E-state index in [0.717, 1.165) is 15.7 Å². The largest absolute Gasteiger partial charge is 0.369 e. The lowest BCUT2D eigenvalue weighted by Gasteiger charge is -2.09. The summed E-state index contributed by atoms with van der Waals surface area (Å²) < 4.78 is 1.03. The van der Waals surface area contributed by atoms with Crippen LogP contribution in [0.25, 0.3) is 11.3 Å². The zero-order valence-corrected chi connectivity index (χ0v) is 12.3. The molecule has 2 aromatic rings. The molecule has 0 aliphatic heterocycles. The average Bonchev–Trinajstić information content (AvgIpc) is 2.39. The van der Waals surface area contributed by atoms with Crippen LogP contribution < -0.4 is 5.73 Å². The lowest BCUT2D eigenvalue weighted by Crippen LogP contribution is -2.29. The van der Waals surface area contributed by atoms with Gasteiger partial charge in [-0.2, -0.15) is 4.99 Å². The highest BCUT2D eigenvalue weighted by molar-refractivity contribution is 9.10. The third-order valence-corrected chi connectivity index (χ3v) is 2.98. The number of nitrogens with zero attached hydrogens (tertiary/aromatic N) is 4. The van der Waals surface area contributed by atoms with Crippen molar-refractivity contribution in [3.63, 3.8) is 0 Å². The van der Waals surface area contributed by atoms with E-state index in [9.17, 15) is 0 Å². The van der Waals surface area contributed by atoms with E-state index >= 15 is 0 Å². The van der Waals surface area contributed by atoms with Gasteiger partial charge in [0.15, 0.2) is 5.96 Å². The summed E-state index contributed by atoms with van der Waals surface area (Å²) in [5.41, 5.74) is 7.56. The fraction of sp³-hybridized carbons (Fsp3) is 0.154. The summed E-state index contributed by atoms with van der Waals surface area (Å²) in [6, 6.07) is 9.74. The van der Waals surface area contributed by atoms with Gasteiger partial charge in [0.25, 0.3) is 5.95 Å². The van der Waals surface area contributed by atoms with E-state index in [-0.39, 0.29) is 0 Å². The highest BCUT2D eigenvalue weighted by atomic mass is 79.9. The Morgan fingerprint density at radius 3 is 2.53 bits per heavy atom. The van der Waals surface area contributed by atoms with Gasteiger partial charge < -0.3 is 10.6 Å². The van der Waals surface area contributed by atoms with Crippen LogP contribution >= 0.6 is 15.9 Å². The first-order valence-electron chi connectivity index (χ1n) is 5.67. The first-order valence-corrected chi connectivity index (χ1v) is 6.46. The number of guanidine groups is 1. The minimum Gasteiger partial charge on any atom is -0.369 e. The van der Waals surface area contributed by atoms with Gasteiger partial charge in [0, 0.05) is 30.3 Å². The second-order valence-electron chi connectivity index (χ2n) is 4.11. The SMILES string of the molecule is CN(C)/C(N)=N\c1nccc(-c2ccc(Br)cc2)n1. The zero-order chi connectivity index (χ0) is 13.8. The van der Waals surface area contributed by atoms with Crippen molar-refractivity contribution in [2.75, 3.05) is 14.1 Å². The number of benzene rings is 1. The van der Waals surface area contributed by atoms with Crippen LogP contribution in [-0.4, -0.2) is 34.9 Å². The van der Waals surface area contributed by atoms with Gasteiger partial charge in [-0.3, -0.25) is 0 Å². The Balaban J connectivity index is 2.34. The monoisotopic (exact) mass is 319 g/mol. The van der Waals surface area contributed by atoms with E-state index in [2.05, 4.69) is 30.9 Å². The Kier molecular flexibility index (Phi) is 4.11. The summed E-state index contributed by atoms with van der Waals surface area (Å²) in [5.74, 6) is 0.722. The average molecular weight is 320 g/mol. The van der Waals surface area contributed by atoms with Crippen LogP contribution in [0.4, 0.5) is 5.95 Å². The second kappa shape index (κ2) is 5.79. The van der Waals surface area contributed by atoms with E-state index in [1.807, 2.05) is 44.4 Å². The standard InChI is InChI=1S/C13H14BrN5/c1-19(2)12(15)18-13-16-8-7-11(17-13)9-3-5-10(14)6-4-9/h3-8H,1-2H3,(H2,15,16,17,18). The summed E-state index contributed by atoms with van der Waals surface area (Å²) in [6.07, 6.45) is 1.67. The van der Waals surface area contributed by atoms with Crippen LogP contribution in [0.1, 0.15) is 0 Å². The molecule has 19 heavy (non-hydrogen) atoms. The molecule has 0 atom stereocenters. The first-order chi connectivity index (χ1) is 9.06. The molecular formula is C13H14BrN5. The zero-order valence-electron chi connectivity index (χ0n) is 10.7. The molecule has 2 rings (SSSR count). The summed E-state index contributed by atoms with van der Waals surface area (Å²) >= 11 is 3.40. The molecule has 6 heteroatoms. The van der Waals surface area contributed by atoms with Crippen molar-refractivity contribution in [3.8, 4) is 11.3 Å². The Hall–Kier alpha value is -1.95. The van der Waals surface area contributed by atoms with Gasteiger partial charge in [0.05, 0.1) is 5.69 Å². The van der Waals surface area contributed by atoms with Crippen LogP contribution in [0.15, 0.2) is 46.0 Å². The molecule has 0 unspecified atom stereocenters. The third-order valence-electron chi connectivity index (χ3n) is 2.46. The number of aliphatic imine (C=N–C) groups is 1. The Labute approximate surface area is 120 Å². The molecule has 1 heterocycles. The van der Waals surface area contributed by atoms with E-state index in [4.69, 9.17) is 5.73 Å². The lowest BCUT2D eigenvalue weighted by atomic mass is 10.1. The second-order valence-corrected chi connectivity index (χ2v) is 5.03. The summed E-state index contributed by atoms with van der Waals surface area (Å²) in [5, 5.41) is 0. The van der Waals surface area contributed by atoms with Crippen molar-refractivity contribution < 1.29 is 0 Å². The Bertz CT molecular complexity index is 592. The molecule has 0 fully saturated rings. The molecule has 1 aromatic carbocycles. The van der Waals surface area contributed by atoms with Crippen LogP contribution in [0, 0.1) is 0 Å². The first kappa shape index (κ1) is 13.5. The molecule has 0 spiro atoms. The summed E-state index contributed by atoms with van der Waals surface area (Å²) in [7, 11) is 3.63. The molecule has 5 nitrogen and oxygen atoms in total. The molecule has 0 amide bonds. The molecule has 0 aliphatic carbocycles. The maximum atomic E-state index is 5.75. The van der Waals surface area contributed by atoms with Crippen LogP contribution in [0.5, 0.6) is 0 Å². The highest BCUT2D eigenvalue weighted by Gasteiger charge is 2.03. The van der Waals surface area contributed by atoms with Gasteiger partial charge in [-0.05, 0) is 18.2 Å². The molecular weight excluding hydrogens is 306 g/mol. The lowest BCUT2D eigenvalue weighted by molar-refractivity contribution is 0.614. The van der Waals surface area contributed by atoms with Gasteiger partial charge in [-0.1, -0.05) is 28.1 Å². The number of nitrogens with two attached hydrogens (primary N) is 1. The third kappa shape index (κ3) is 3.51. The topological polar surface area (TPSA) is 67.4 Å². The normalized spacial score (nSPS) is 11.4. The maximum absolute atomic E-state index is 5.75. The van der Waals surface area contributed by atoms with Crippen molar-refractivity contribution >= 4 is 27.8 Å². The summed E-state index contributed by atoms with van der Waals surface area (Å²) in [4.78, 5) is 14.3. The van der Waals surface area contributed by atoms with Crippen molar-refractivity contribution in [1.29, 1.82) is 0 Å². The Morgan fingerprint density at radius 2 is 1.89 bits per heavy atom. The van der Waals surface area contributed by atoms with Crippen LogP contribution in [0.2, 0.25) is 0 Å². The minimum absolute atomic E-state index is 0.353.